The van der Waals surface area contributed by atoms with Crippen LogP contribution in [0.2, 0.25) is 0 Å². The van der Waals surface area contributed by atoms with Crippen LogP contribution < -0.4 is 19.5 Å². The Bertz CT molecular complexity index is 1420. The highest BCUT2D eigenvalue weighted by Crippen LogP contribution is 2.37. The number of oxazole rings is 1. The van der Waals surface area contributed by atoms with Crippen LogP contribution in [0.1, 0.15) is 18.5 Å². The van der Waals surface area contributed by atoms with E-state index in [0.717, 1.165) is 22.0 Å². The number of nitrogens with zero attached hydrogens (tertiary/aromatic N) is 2. The predicted molar refractivity (Wildman–Crippen MR) is 127 cm³/mol. The number of rotatable bonds is 7. The smallest absolute Gasteiger partial charge is 0.296 e. The molecule has 1 N–H and O–H groups in total. The van der Waals surface area contributed by atoms with Crippen LogP contribution in [0, 0.1) is 0 Å². The molecule has 5 rings (SSSR count). The predicted octanol–water partition coefficient (Wildman–Crippen LogP) is 6.36. The van der Waals surface area contributed by atoms with E-state index in [9.17, 15) is 0 Å². The summed E-state index contributed by atoms with van der Waals surface area (Å²) >= 11 is 0. The Labute approximate surface area is 190 Å². The van der Waals surface area contributed by atoms with Gasteiger partial charge in [-0.25, -0.2) is 0 Å². The van der Waals surface area contributed by atoms with Crippen molar-refractivity contribution in [2.75, 3.05) is 19.5 Å². The lowest BCUT2D eigenvalue weighted by atomic mass is 10.1. The van der Waals surface area contributed by atoms with Gasteiger partial charge in [0.25, 0.3) is 6.01 Å². The number of fused-ring (bicyclic) bond motifs is 2. The Morgan fingerprint density at radius 1 is 0.848 bits per heavy atom. The first kappa shape index (κ1) is 20.6. The van der Waals surface area contributed by atoms with E-state index in [1.807, 2.05) is 54.6 Å². The number of methoxy groups -OCH3 is 2. The Morgan fingerprint density at radius 3 is 2.42 bits per heavy atom. The summed E-state index contributed by atoms with van der Waals surface area (Å²) in [6.45, 7) is 2.07. The number of hydrogen-bond donors (Lipinski definition) is 1. The summed E-state index contributed by atoms with van der Waals surface area (Å²) in [4.78, 5) is 8.97. The van der Waals surface area contributed by atoms with Crippen molar-refractivity contribution in [1.29, 1.82) is 0 Å². The Kier molecular flexibility index (Phi) is 5.44. The number of anilines is 1. The maximum Gasteiger partial charge on any atom is 0.296 e. The quantitative estimate of drug-likeness (QED) is 0.315. The summed E-state index contributed by atoms with van der Waals surface area (Å²) in [5.74, 6) is 2.50. The van der Waals surface area contributed by atoms with Crippen molar-refractivity contribution >= 4 is 28.0 Å². The molecule has 0 aliphatic heterocycles. The fourth-order valence-electron chi connectivity index (χ4n) is 3.70. The molecule has 2 heterocycles. The van der Waals surface area contributed by atoms with E-state index < -0.39 is 0 Å². The average Bonchev–Trinajstić information content (AvgIpc) is 3.25. The lowest BCUT2D eigenvalue weighted by Crippen LogP contribution is -2.06. The largest absolute Gasteiger partial charge is 0.493 e. The molecular formula is C26H23N3O4. The molecular weight excluding hydrogens is 418 g/mol. The van der Waals surface area contributed by atoms with E-state index in [1.165, 1.54) is 0 Å². The van der Waals surface area contributed by atoms with Crippen LogP contribution in [-0.2, 0) is 0 Å². The molecule has 0 saturated carbocycles. The maximum absolute atomic E-state index is 6.19. The number of aromatic nitrogens is 2. The SMILES string of the molecule is COc1cc2nccc(Oc3ccc4nc(N[C@H](C)c5ccccc5)oc4c3)c2cc1OC. The van der Waals surface area contributed by atoms with Gasteiger partial charge >= 0.3 is 0 Å². The van der Waals surface area contributed by atoms with Gasteiger partial charge in [0.05, 0.1) is 25.8 Å². The van der Waals surface area contributed by atoms with E-state index in [0.29, 0.717) is 34.6 Å². The highest BCUT2D eigenvalue weighted by atomic mass is 16.5. The molecule has 1 atom stereocenters. The lowest BCUT2D eigenvalue weighted by Gasteiger charge is -2.12. The molecule has 0 unspecified atom stereocenters. The normalized spacial score (nSPS) is 12.0. The molecule has 3 aromatic carbocycles. The average molecular weight is 441 g/mol. The molecule has 0 amide bonds. The molecule has 166 valence electrons. The number of ether oxygens (including phenoxy) is 3. The van der Waals surface area contributed by atoms with Gasteiger partial charge in [0.1, 0.15) is 17.0 Å². The summed E-state index contributed by atoms with van der Waals surface area (Å²) in [6.07, 6.45) is 1.70. The van der Waals surface area contributed by atoms with Gasteiger partial charge in [0.2, 0.25) is 0 Å². The molecule has 33 heavy (non-hydrogen) atoms. The van der Waals surface area contributed by atoms with Gasteiger partial charge in [-0.15, -0.1) is 0 Å². The second-order valence-corrected chi connectivity index (χ2v) is 7.56. The molecule has 7 nitrogen and oxygen atoms in total. The first-order chi connectivity index (χ1) is 16.1. The van der Waals surface area contributed by atoms with Gasteiger partial charge in [0.15, 0.2) is 17.1 Å². The molecule has 0 aliphatic carbocycles. The molecule has 2 aromatic heterocycles. The van der Waals surface area contributed by atoms with Crippen LogP contribution >= 0.6 is 0 Å². The van der Waals surface area contributed by atoms with Crippen molar-refractivity contribution in [3.8, 4) is 23.0 Å². The van der Waals surface area contributed by atoms with E-state index in [4.69, 9.17) is 18.6 Å². The number of nitrogens with one attached hydrogen (secondary N) is 1. The minimum absolute atomic E-state index is 0.0603. The van der Waals surface area contributed by atoms with Gasteiger partial charge < -0.3 is 23.9 Å². The van der Waals surface area contributed by atoms with E-state index in [-0.39, 0.29) is 6.04 Å². The van der Waals surface area contributed by atoms with Crippen molar-refractivity contribution in [3.63, 3.8) is 0 Å². The van der Waals surface area contributed by atoms with Crippen molar-refractivity contribution in [2.45, 2.75) is 13.0 Å². The molecule has 7 heteroatoms. The first-order valence-electron chi connectivity index (χ1n) is 10.6. The zero-order chi connectivity index (χ0) is 22.8. The Hall–Kier alpha value is -4.26. The van der Waals surface area contributed by atoms with E-state index in [1.54, 1.807) is 20.4 Å². The monoisotopic (exact) mass is 441 g/mol. The molecule has 0 aliphatic rings. The highest BCUT2D eigenvalue weighted by Gasteiger charge is 2.14. The van der Waals surface area contributed by atoms with Crippen molar-refractivity contribution in [2.24, 2.45) is 0 Å². The fraction of sp³-hybridized carbons (Fsp3) is 0.154. The number of pyridine rings is 1. The Morgan fingerprint density at radius 2 is 1.64 bits per heavy atom. The number of benzene rings is 3. The standard InChI is InChI=1S/C26H23N3O4/c1-16(17-7-5-4-6-8-17)28-26-29-20-10-9-18(13-23(20)33-26)32-22-11-12-27-21-15-25(31-3)24(30-2)14-19(21)22/h4-16H,1-3H3,(H,28,29)/t16-/m1/s1. The second kappa shape index (κ2) is 8.70. The highest BCUT2D eigenvalue weighted by molar-refractivity contribution is 5.88. The van der Waals surface area contributed by atoms with Gasteiger partial charge in [-0.3, -0.25) is 4.98 Å². The molecule has 0 radical (unpaired) electrons. The molecule has 0 spiro atoms. The summed E-state index contributed by atoms with van der Waals surface area (Å²) in [7, 11) is 3.20. The Balaban J connectivity index is 1.42. The van der Waals surface area contributed by atoms with E-state index in [2.05, 4.69) is 34.3 Å². The summed E-state index contributed by atoms with van der Waals surface area (Å²) in [5.41, 5.74) is 3.27. The van der Waals surface area contributed by atoms with Crippen LogP contribution in [0.5, 0.6) is 23.0 Å². The molecule has 0 saturated heterocycles. The summed E-state index contributed by atoms with van der Waals surface area (Å²) in [5, 5.41) is 4.12. The van der Waals surface area contributed by atoms with Gasteiger partial charge in [-0.2, -0.15) is 4.98 Å². The van der Waals surface area contributed by atoms with Crippen LogP contribution in [-0.4, -0.2) is 24.2 Å². The van der Waals surface area contributed by atoms with Crippen LogP contribution in [0.25, 0.3) is 22.0 Å². The van der Waals surface area contributed by atoms with Crippen molar-refractivity contribution < 1.29 is 18.6 Å². The fourth-order valence-corrected chi connectivity index (χ4v) is 3.70. The van der Waals surface area contributed by atoms with Crippen LogP contribution in [0.3, 0.4) is 0 Å². The third-order valence-corrected chi connectivity index (χ3v) is 5.43. The minimum atomic E-state index is 0.0603. The zero-order valence-electron chi connectivity index (χ0n) is 18.5. The molecule has 0 bridgehead atoms. The van der Waals surface area contributed by atoms with Gasteiger partial charge in [-0.1, -0.05) is 30.3 Å². The lowest BCUT2D eigenvalue weighted by molar-refractivity contribution is 0.355. The van der Waals surface area contributed by atoms with Crippen molar-refractivity contribution in [3.05, 3.63) is 78.5 Å². The van der Waals surface area contributed by atoms with Crippen LogP contribution in [0.15, 0.2) is 77.3 Å². The first-order valence-corrected chi connectivity index (χ1v) is 10.6. The van der Waals surface area contributed by atoms with Gasteiger partial charge in [-0.05, 0) is 36.8 Å². The third-order valence-electron chi connectivity index (χ3n) is 5.43. The topological polar surface area (TPSA) is 78.6 Å². The maximum atomic E-state index is 6.19. The number of hydrogen-bond acceptors (Lipinski definition) is 7. The molecule has 0 fully saturated rings. The zero-order valence-corrected chi connectivity index (χ0v) is 18.5. The minimum Gasteiger partial charge on any atom is -0.493 e. The van der Waals surface area contributed by atoms with E-state index >= 15 is 0 Å². The summed E-state index contributed by atoms with van der Waals surface area (Å²) in [6, 6.07) is 21.7. The second-order valence-electron chi connectivity index (χ2n) is 7.56. The summed E-state index contributed by atoms with van der Waals surface area (Å²) < 4.78 is 22.9. The van der Waals surface area contributed by atoms with Crippen molar-refractivity contribution in [1.82, 2.24) is 9.97 Å². The van der Waals surface area contributed by atoms with Gasteiger partial charge in [0, 0.05) is 23.7 Å². The third kappa shape index (κ3) is 4.13. The van der Waals surface area contributed by atoms with Crippen LogP contribution in [0.4, 0.5) is 6.01 Å². The molecule has 5 aromatic rings.